The summed E-state index contributed by atoms with van der Waals surface area (Å²) in [4.78, 5) is 40.3. The van der Waals surface area contributed by atoms with Gasteiger partial charge in [-0.2, -0.15) is 0 Å². The van der Waals surface area contributed by atoms with Gasteiger partial charge in [-0.3, -0.25) is 14.5 Å². The fraction of sp³-hybridized carbons (Fsp3) is 0.320. The zero-order valence-electron chi connectivity index (χ0n) is 18.8. The number of nitrogens with zero attached hydrogens (tertiary/aromatic N) is 2. The summed E-state index contributed by atoms with van der Waals surface area (Å²) < 4.78 is 4.68. The molecule has 0 unspecified atom stereocenters. The number of methoxy groups -OCH3 is 1. The standard InChI is InChI=1S/C25H29N3O4/c1-18-5-4-6-19(2)24(18)26-22(29)17-27-13-15-28(16-14-27)23(30)12-9-20-7-10-21(11-8-20)25(31)32-3/h4-12H,13-17H2,1-3H3,(H,26,29)/b12-9+. The van der Waals surface area contributed by atoms with Gasteiger partial charge in [0.2, 0.25) is 11.8 Å². The molecule has 0 radical (unpaired) electrons. The molecule has 0 spiro atoms. The van der Waals surface area contributed by atoms with Crippen LogP contribution in [0.4, 0.5) is 5.69 Å². The Morgan fingerprint density at radius 1 is 0.969 bits per heavy atom. The van der Waals surface area contributed by atoms with Crippen LogP contribution in [-0.4, -0.2) is 67.4 Å². The Morgan fingerprint density at radius 3 is 2.19 bits per heavy atom. The molecule has 168 valence electrons. The number of anilines is 1. The SMILES string of the molecule is COC(=O)c1ccc(/C=C/C(=O)N2CCN(CC(=O)Nc3c(C)cccc3C)CC2)cc1. The molecule has 1 saturated heterocycles. The van der Waals surface area contributed by atoms with E-state index in [-0.39, 0.29) is 11.8 Å². The number of piperazine rings is 1. The minimum atomic E-state index is -0.391. The average Bonchev–Trinajstić information content (AvgIpc) is 2.80. The van der Waals surface area contributed by atoms with Gasteiger partial charge in [0.05, 0.1) is 19.2 Å². The van der Waals surface area contributed by atoms with E-state index in [2.05, 4.69) is 15.0 Å². The third-order valence-electron chi connectivity index (χ3n) is 5.55. The van der Waals surface area contributed by atoms with Crippen LogP contribution in [0.1, 0.15) is 27.0 Å². The molecule has 3 rings (SSSR count). The summed E-state index contributed by atoms with van der Waals surface area (Å²) in [7, 11) is 1.34. The Labute approximate surface area is 188 Å². The lowest BCUT2D eigenvalue weighted by Gasteiger charge is -2.33. The zero-order chi connectivity index (χ0) is 23.1. The van der Waals surface area contributed by atoms with Gasteiger partial charge in [0.25, 0.3) is 0 Å². The van der Waals surface area contributed by atoms with Crippen LogP contribution in [0.3, 0.4) is 0 Å². The van der Waals surface area contributed by atoms with Crippen molar-refractivity contribution in [3.63, 3.8) is 0 Å². The lowest BCUT2D eigenvalue weighted by atomic mass is 10.1. The smallest absolute Gasteiger partial charge is 0.337 e. The van der Waals surface area contributed by atoms with E-state index in [9.17, 15) is 14.4 Å². The highest BCUT2D eigenvalue weighted by Gasteiger charge is 2.21. The second-order valence-corrected chi connectivity index (χ2v) is 7.86. The Balaban J connectivity index is 1.46. The van der Waals surface area contributed by atoms with E-state index < -0.39 is 5.97 Å². The maximum absolute atomic E-state index is 12.5. The van der Waals surface area contributed by atoms with Crippen molar-refractivity contribution in [2.24, 2.45) is 0 Å². The molecule has 0 aromatic heterocycles. The molecule has 0 aliphatic carbocycles. The van der Waals surface area contributed by atoms with Gasteiger partial charge in [0, 0.05) is 37.9 Å². The molecule has 2 amide bonds. The number of amides is 2. The minimum absolute atomic E-state index is 0.0440. The van der Waals surface area contributed by atoms with Gasteiger partial charge < -0.3 is 15.0 Å². The molecule has 7 heteroatoms. The van der Waals surface area contributed by atoms with Crippen LogP contribution in [0.5, 0.6) is 0 Å². The molecule has 0 bridgehead atoms. The first kappa shape index (κ1) is 23.2. The monoisotopic (exact) mass is 435 g/mol. The van der Waals surface area contributed by atoms with E-state index in [1.54, 1.807) is 35.2 Å². The molecule has 1 aliphatic heterocycles. The molecule has 1 N–H and O–H groups in total. The largest absolute Gasteiger partial charge is 0.465 e. The van der Waals surface area contributed by atoms with Gasteiger partial charge in [-0.1, -0.05) is 30.3 Å². The number of carbonyl (C=O) groups is 3. The Hall–Kier alpha value is -3.45. The second-order valence-electron chi connectivity index (χ2n) is 7.86. The van der Waals surface area contributed by atoms with Crippen molar-refractivity contribution in [1.82, 2.24) is 9.80 Å². The number of rotatable bonds is 6. The van der Waals surface area contributed by atoms with Crippen molar-refractivity contribution < 1.29 is 19.1 Å². The number of aryl methyl sites for hydroxylation is 2. The molecule has 1 aliphatic rings. The van der Waals surface area contributed by atoms with Crippen LogP contribution in [0.25, 0.3) is 6.08 Å². The fourth-order valence-corrected chi connectivity index (χ4v) is 3.64. The maximum atomic E-state index is 12.5. The fourth-order valence-electron chi connectivity index (χ4n) is 3.64. The molecule has 2 aromatic rings. The lowest BCUT2D eigenvalue weighted by Crippen LogP contribution is -2.50. The Bertz CT molecular complexity index is 986. The van der Waals surface area contributed by atoms with E-state index in [0.717, 1.165) is 22.4 Å². The number of carbonyl (C=O) groups excluding carboxylic acids is 3. The molecule has 2 aromatic carbocycles. The van der Waals surface area contributed by atoms with Crippen molar-refractivity contribution in [2.45, 2.75) is 13.8 Å². The van der Waals surface area contributed by atoms with Crippen molar-refractivity contribution in [1.29, 1.82) is 0 Å². The van der Waals surface area contributed by atoms with E-state index in [1.165, 1.54) is 13.2 Å². The van der Waals surface area contributed by atoms with E-state index in [0.29, 0.717) is 38.3 Å². The molecule has 32 heavy (non-hydrogen) atoms. The van der Waals surface area contributed by atoms with Gasteiger partial charge in [0.1, 0.15) is 0 Å². The van der Waals surface area contributed by atoms with Crippen LogP contribution < -0.4 is 5.32 Å². The first-order valence-electron chi connectivity index (χ1n) is 10.6. The van der Waals surface area contributed by atoms with E-state index in [4.69, 9.17) is 0 Å². The van der Waals surface area contributed by atoms with Crippen LogP contribution in [-0.2, 0) is 14.3 Å². The van der Waals surface area contributed by atoms with Crippen molar-refractivity contribution in [2.75, 3.05) is 45.2 Å². The summed E-state index contributed by atoms with van der Waals surface area (Å²) in [6.07, 6.45) is 3.27. The minimum Gasteiger partial charge on any atom is -0.465 e. The number of benzene rings is 2. The average molecular weight is 436 g/mol. The normalized spacial score (nSPS) is 14.4. The second kappa shape index (κ2) is 10.7. The third kappa shape index (κ3) is 6.04. The lowest BCUT2D eigenvalue weighted by molar-refractivity contribution is -0.127. The topological polar surface area (TPSA) is 79.0 Å². The van der Waals surface area contributed by atoms with Gasteiger partial charge in [0.15, 0.2) is 0 Å². The Morgan fingerprint density at radius 2 is 1.59 bits per heavy atom. The van der Waals surface area contributed by atoms with E-state index in [1.807, 2.05) is 32.0 Å². The number of hydrogen-bond acceptors (Lipinski definition) is 5. The molecule has 1 heterocycles. The molecule has 1 fully saturated rings. The highest BCUT2D eigenvalue weighted by Crippen LogP contribution is 2.19. The quantitative estimate of drug-likeness (QED) is 0.558. The molecular weight excluding hydrogens is 406 g/mol. The van der Waals surface area contributed by atoms with Crippen LogP contribution >= 0.6 is 0 Å². The first-order valence-corrected chi connectivity index (χ1v) is 10.6. The van der Waals surface area contributed by atoms with Gasteiger partial charge in [-0.15, -0.1) is 0 Å². The number of para-hydroxylation sites is 1. The first-order chi connectivity index (χ1) is 15.4. The van der Waals surface area contributed by atoms with Crippen LogP contribution in [0, 0.1) is 13.8 Å². The predicted octanol–water partition coefficient (Wildman–Crippen LogP) is 2.89. The van der Waals surface area contributed by atoms with Crippen molar-refractivity contribution >= 4 is 29.5 Å². The highest BCUT2D eigenvalue weighted by molar-refractivity contribution is 5.94. The van der Waals surface area contributed by atoms with Crippen molar-refractivity contribution in [3.8, 4) is 0 Å². The Kier molecular flexibility index (Phi) is 7.78. The van der Waals surface area contributed by atoms with E-state index >= 15 is 0 Å². The van der Waals surface area contributed by atoms with Gasteiger partial charge in [-0.25, -0.2) is 4.79 Å². The van der Waals surface area contributed by atoms with Gasteiger partial charge >= 0.3 is 5.97 Å². The molecule has 0 saturated carbocycles. The van der Waals surface area contributed by atoms with Crippen molar-refractivity contribution in [3.05, 3.63) is 70.8 Å². The number of esters is 1. The summed E-state index contributed by atoms with van der Waals surface area (Å²) in [6.45, 7) is 6.70. The summed E-state index contributed by atoms with van der Waals surface area (Å²) in [5, 5.41) is 3.01. The number of ether oxygens (including phenoxy) is 1. The highest BCUT2D eigenvalue weighted by atomic mass is 16.5. The summed E-state index contributed by atoms with van der Waals surface area (Å²) >= 11 is 0. The maximum Gasteiger partial charge on any atom is 0.337 e. The van der Waals surface area contributed by atoms with Crippen LogP contribution in [0.15, 0.2) is 48.5 Å². The molecule has 7 nitrogen and oxygen atoms in total. The summed E-state index contributed by atoms with van der Waals surface area (Å²) in [6, 6.07) is 12.8. The number of hydrogen-bond donors (Lipinski definition) is 1. The summed E-state index contributed by atoms with van der Waals surface area (Å²) in [5.41, 5.74) is 4.25. The third-order valence-corrected chi connectivity index (χ3v) is 5.55. The molecule has 0 atom stereocenters. The zero-order valence-corrected chi connectivity index (χ0v) is 18.8. The summed E-state index contributed by atoms with van der Waals surface area (Å²) in [5.74, 6) is -0.503. The number of nitrogens with one attached hydrogen (secondary N) is 1. The molecular formula is C25H29N3O4. The van der Waals surface area contributed by atoms with Crippen LogP contribution in [0.2, 0.25) is 0 Å². The predicted molar refractivity (Wildman–Crippen MR) is 124 cm³/mol. The van der Waals surface area contributed by atoms with Gasteiger partial charge in [-0.05, 0) is 48.7 Å².